The van der Waals surface area contributed by atoms with Crippen LogP contribution in [0.4, 0.5) is 0 Å². The fourth-order valence-corrected chi connectivity index (χ4v) is 17.2. The molecule has 8 bridgehead atoms. The third-order valence-electron chi connectivity index (χ3n) is 18.1. The molecule has 4 heteroatoms. The minimum absolute atomic E-state index is 0.687. The van der Waals surface area contributed by atoms with E-state index < -0.39 is 0 Å². The summed E-state index contributed by atoms with van der Waals surface area (Å²) in [5.74, 6) is 13.8. The molecular formula is C44H76N4. The van der Waals surface area contributed by atoms with E-state index in [0.717, 1.165) is 94.7 Å². The molecule has 5 aliphatic heterocycles. The minimum atomic E-state index is 0.687. The zero-order valence-corrected chi connectivity index (χ0v) is 32.3. The number of nitrogens with one attached hydrogen (secondary N) is 4. The Morgan fingerprint density at radius 2 is 0.521 bits per heavy atom. The monoisotopic (exact) mass is 661 g/mol. The molecular weight excluding hydrogens is 585 g/mol. The maximum Gasteiger partial charge on any atom is 0.0261 e. The first-order valence-electron chi connectivity index (χ1n) is 22.2. The Bertz CT molecular complexity index is 973. The van der Waals surface area contributed by atoms with Gasteiger partial charge in [-0.1, -0.05) is 81.1 Å². The summed E-state index contributed by atoms with van der Waals surface area (Å²) in [4.78, 5) is 0. The maximum absolute atomic E-state index is 4.59. The van der Waals surface area contributed by atoms with Crippen LogP contribution in [0, 0.1) is 94.7 Å². The van der Waals surface area contributed by atoms with E-state index in [-0.39, 0.29) is 0 Å². The van der Waals surface area contributed by atoms with Gasteiger partial charge in [-0.15, -0.1) is 0 Å². The quantitative estimate of drug-likeness (QED) is 0.246. The second-order valence-electron chi connectivity index (χ2n) is 21.2. The molecule has 4 aliphatic carbocycles. The number of rotatable bonds is 4. The maximum atomic E-state index is 4.59. The first-order valence-corrected chi connectivity index (χ1v) is 22.2. The van der Waals surface area contributed by atoms with E-state index >= 15 is 0 Å². The van der Waals surface area contributed by atoms with E-state index in [2.05, 4.69) is 76.7 Å². The highest BCUT2D eigenvalue weighted by atomic mass is 15.2. The predicted molar refractivity (Wildman–Crippen MR) is 199 cm³/mol. The summed E-state index contributed by atoms with van der Waals surface area (Å²) in [7, 11) is 0. The Labute approximate surface area is 296 Å². The van der Waals surface area contributed by atoms with E-state index in [9.17, 15) is 0 Å². The highest BCUT2D eigenvalue weighted by Gasteiger charge is 2.65. The van der Waals surface area contributed by atoms with Gasteiger partial charge in [0.2, 0.25) is 0 Å². The average Bonchev–Trinajstić information content (AvgIpc) is 3.82. The zero-order chi connectivity index (χ0) is 33.2. The van der Waals surface area contributed by atoms with Crippen LogP contribution >= 0.6 is 0 Å². The largest absolute Gasteiger partial charge is 0.309 e. The van der Waals surface area contributed by atoms with Gasteiger partial charge in [0.05, 0.1) is 0 Å². The van der Waals surface area contributed by atoms with Crippen molar-refractivity contribution in [2.75, 3.05) is 0 Å². The highest BCUT2D eigenvalue weighted by molar-refractivity contribution is 5.20. The molecule has 0 radical (unpaired) electrons. The molecule has 0 aromatic carbocycles. The molecule has 9 rings (SSSR count). The van der Waals surface area contributed by atoms with Crippen molar-refractivity contribution >= 4 is 0 Å². The van der Waals surface area contributed by atoms with Crippen molar-refractivity contribution in [3.63, 3.8) is 0 Å². The molecule has 5 heterocycles. The zero-order valence-electron chi connectivity index (χ0n) is 32.3. The average molecular weight is 661 g/mol. The highest BCUT2D eigenvalue weighted by Crippen LogP contribution is 2.61. The fourth-order valence-electron chi connectivity index (χ4n) is 17.2. The SMILES string of the molecule is CC(C)C1C2CCC3NC4C5NC(CCC6NC7C(N2)C1C1CCCCC1C7C6C(C)C)C(C(C)C)C5C1CCCCC1C4C3C(C)C. The number of fused-ring (bicyclic) bond motifs is 10. The molecule has 4 nitrogen and oxygen atoms in total. The third kappa shape index (κ3) is 4.99. The first kappa shape index (κ1) is 33.7. The van der Waals surface area contributed by atoms with Crippen molar-refractivity contribution in [1.29, 1.82) is 0 Å². The van der Waals surface area contributed by atoms with Crippen molar-refractivity contribution in [2.45, 2.75) is 181 Å². The van der Waals surface area contributed by atoms with Crippen molar-refractivity contribution in [3.05, 3.63) is 0 Å². The molecule has 0 aromatic heterocycles. The summed E-state index contributed by atoms with van der Waals surface area (Å²) >= 11 is 0. The van der Waals surface area contributed by atoms with Crippen LogP contribution in [-0.2, 0) is 0 Å². The molecule has 20 atom stereocenters. The summed E-state index contributed by atoms with van der Waals surface area (Å²) in [6.07, 6.45) is 17.5. The molecule has 4 N–H and O–H groups in total. The Balaban J connectivity index is 1.14. The summed E-state index contributed by atoms with van der Waals surface area (Å²) in [6, 6.07) is 5.53. The van der Waals surface area contributed by atoms with Gasteiger partial charge in [-0.3, -0.25) is 0 Å². The van der Waals surface area contributed by atoms with Gasteiger partial charge in [0.25, 0.3) is 0 Å². The second-order valence-corrected chi connectivity index (χ2v) is 21.2. The van der Waals surface area contributed by atoms with E-state index in [1.165, 1.54) is 77.0 Å². The standard InChI is InChI=1S/C44H76N4/c1-21(2)33-29-17-18-30-34(22(3)4)39-27-15-11-12-16-28(27)40-36(24(7)8)32(48-44(40)43(39)47-30)20-19-31-35(23(5)6)38-26-14-10-9-13-25(26)37(33)41(45-29)42(38)46-31/h21-48H,9-20H2,1-8H3. The van der Waals surface area contributed by atoms with E-state index in [4.69, 9.17) is 0 Å². The molecule has 20 unspecified atom stereocenters. The lowest BCUT2D eigenvalue weighted by Crippen LogP contribution is -2.59. The lowest BCUT2D eigenvalue weighted by molar-refractivity contribution is -0.0153. The molecule has 9 fully saturated rings. The van der Waals surface area contributed by atoms with Gasteiger partial charge in [0, 0.05) is 48.3 Å². The van der Waals surface area contributed by atoms with Crippen LogP contribution in [0.5, 0.6) is 0 Å². The molecule has 272 valence electrons. The van der Waals surface area contributed by atoms with Crippen LogP contribution in [0.2, 0.25) is 0 Å². The number of hydrogen-bond acceptors (Lipinski definition) is 4. The molecule has 9 aliphatic rings. The van der Waals surface area contributed by atoms with Gasteiger partial charge in [0.1, 0.15) is 0 Å². The van der Waals surface area contributed by atoms with Crippen LogP contribution in [0.1, 0.15) is 132 Å². The normalized spacial score (nSPS) is 55.8. The molecule has 0 aromatic rings. The Morgan fingerprint density at radius 3 is 0.708 bits per heavy atom. The number of hydrogen-bond donors (Lipinski definition) is 4. The third-order valence-corrected chi connectivity index (χ3v) is 18.1. The van der Waals surface area contributed by atoms with E-state index in [1.54, 1.807) is 0 Å². The van der Waals surface area contributed by atoms with Crippen LogP contribution < -0.4 is 21.3 Å². The van der Waals surface area contributed by atoms with Gasteiger partial charge < -0.3 is 21.3 Å². The lowest BCUT2D eigenvalue weighted by atomic mass is 9.52. The van der Waals surface area contributed by atoms with Gasteiger partial charge in [-0.25, -0.2) is 0 Å². The summed E-state index contributed by atoms with van der Waals surface area (Å²) < 4.78 is 0. The fraction of sp³-hybridized carbons (Fsp3) is 1.00. The topological polar surface area (TPSA) is 48.1 Å². The second kappa shape index (κ2) is 12.8. The Kier molecular flexibility index (Phi) is 8.95. The first-order chi connectivity index (χ1) is 23.2. The summed E-state index contributed by atoms with van der Waals surface area (Å²) in [6.45, 7) is 20.8. The molecule has 48 heavy (non-hydrogen) atoms. The van der Waals surface area contributed by atoms with Crippen LogP contribution in [-0.4, -0.2) is 48.3 Å². The lowest BCUT2D eigenvalue weighted by Gasteiger charge is -2.53. The van der Waals surface area contributed by atoms with Gasteiger partial charge in [0.15, 0.2) is 0 Å². The van der Waals surface area contributed by atoms with E-state index in [0.29, 0.717) is 48.3 Å². The Hall–Kier alpha value is -0.160. The van der Waals surface area contributed by atoms with Gasteiger partial charge in [-0.05, 0) is 146 Å². The van der Waals surface area contributed by atoms with Crippen LogP contribution in [0.25, 0.3) is 0 Å². The van der Waals surface area contributed by atoms with Crippen LogP contribution in [0.15, 0.2) is 0 Å². The van der Waals surface area contributed by atoms with Gasteiger partial charge in [-0.2, -0.15) is 0 Å². The molecule has 0 spiro atoms. The molecule has 4 saturated carbocycles. The molecule has 5 saturated heterocycles. The van der Waals surface area contributed by atoms with Crippen molar-refractivity contribution in [2.24, 2.45) is 94.7 Å². The predicted octanol–water partition coefficient (Wildman–Crippen LogP) is 8.12. The van der Waals surface area contributed by atoms with Crippen molar-refractivity contribution < 1.29 is 0 Å². The Morgan fingerprint density at radius 1 is 0.312 bits per heavy atom. The van der Waals surface area contributed by atoms with Crippen LogP contribution in [0.3, 0.4) is 0 Å². The molecule has 0 amide bonds. The van der Waals surface area contributed by atoms with Crippen molar-refractivity contribution in [3.8, 4) is 0 Å². The van der Waals surface area contributed by atoms with E-state index in [1.807, 2.05) is 0 Å². The summed E-state index contributed by atoms with van der Waals surface area (Å²) in [5.41, 5.74) is 0. The minimum Gasteiger partial charge on any atom is -0.309 e. The van der Waals surface area contributed by atoms with Gasteiger partial charge >= 0.3 is 0 Å². The van der Waals surface area contributed by atoms with Crippen molar-refractivity contribution in [1.82, 2.24) is 21.3 Å². The smallest absolute Gasteiger partial charge is 0.0261 e. The summed E-state index contributed by atoms with van der Waals surface area (Å²) in [5, 5.41) is 18.3.